The zero-order valence-corrected chi connectivity index (χ0v) is 25.7. The van der Waals surface area contributed by atoms with Crippen molar-refractivity contribution in [2.75, 3.05) is 33.8 Å². The summed E-state index contributed by atoms with van der Waals surface area (Å²) >= 11 is 0. The molecule has 0 saturated carbocycles. The molecule has 44 heavy (non-hydrogen) atoms. The molecule has 12 heteroatoms. The van der Waals surface area contributed by atoms with Crippen LogP contribution in [0.5, 0.6) is 17.2 Å². The van der Waals surface area contributed by atoms with E-state index in [9.17, 15) is 9.59 Å². The third-order valence-corrected chi connectivity index (χ3v) is 6.93. The maximum absolute atomic E-state index is 14.2. The van der Waals surface area contributed by atoms with Crippen molar-refractivity contribution >= 4 is 35.1 Å². The van der Waals surface area contributed by atoms with Crippen LogP contribution in [0, 0.1) is 6.92 Å². The van der Waals surface area contributed by atoms with Gasteiger partial charge in [-0.05, 0) is 66.6 Å². The lowest BCUT2D eigenvalue weighted by Crippen LogP contribution is -2.29. The Hall–Kier alpha value is -5.16. The van der Waals surface area contributed by atoms with Crippen molar-refractivity contribution in [3.05, 3.63) is 100.0 Å². The van der Waals surface area contributed by atoms with E-state index in [2.05, 4.69) is 15.3 Å². The Labute approximate surface area is 260 Å². The Morgan fingerprint density at radius 1 is 0.909 bits per heavy atom. The molecule has 0 saturated heterocycles. The molecule has 0 bridgehead atoms. The minimum atomic E-state index is -0.689. The van der Waals surface area contributed by atoms with Crippen LogP contribution in [-0.2, 0) is 17.8 Å². The van der Waals surface area contributed by atoms with Gasteiger partial charge in [0.2, 0.25) is 5.75 Å². The van der Waals surface area contributed by atoms with Crippen molar-refractivity contribution in [3.8, 4) is 28.4 Å². The highest BCUT2D eigenvalue weighted by Gasteiger charge is 2.27. The summed E-state index contributed by atoms with van der Waals surface area (Å²) in [6.07, 6.45) is 3.37. The number of pyridine rings is 4. The maximum Gasteiger partial charge on any atom is 0.355 e. The van der Waals surface area contributed by atoms with Gasteiger partial charge in [0.05, 0.1) is 47.2 Å². The summed E-state index contributed by atoms with van der Waals surface area (Å²) in [7, 11) is 5.80. The van der Waals surface area contributed by atoms with Gasteiger partial charge in [0.25, 0.3) is 5.56 Å². The molecule has 1 N–H and O–H groups in total. The average molecular weight is 618 g/mol. The minimum Gasteiger partial charge on any atom is -0.493 e. The summed E-state index contributed by atoms with van der Waals surface area (Å²) in [4.78, 5) is 41.0. The first-order chi connectivity index (χ1) is 20.9. The number of nitrogens with one attached hydrogen (secondary N) is 1. The van der Waals surface area contributed by atoms with Crippen LogP contribution in [0.25, 0.3) is 22.0 Å². The van der Waals surface area contributed by atoms with E-state index in [-0.39, 0.29) is 30.2 Å². The number of carbonyl (C=O) groups excluding carboxylic acids is 1. The quantitative estimate of drug-likeness (QED) is 0.213. The van der Waals surface area contributed by atoms with Crippen LogP contribution in [0.4, 0.5) is 5.82 Å². The summed E-state index contributed by atoms with van der Waals surface area (Å²) in [6, 6.07) is 16.2. The van der Waals surface area contributed by atoms with Gasteiger partial charge in [-0.25, -0.2) is 9.78 Å². The summed E-state index contributed by atoms with van der Waals surface area (Å²) in [5.74, 6) is 0.932. The van der Waals surface area contributed by atoms with E-state index in [4.69, 9.17) is 23.9 Å². The molecule has 5 rings (SSSR count). The number of hydrogen-bond acceptors (Lipinski definition) is 10. The van der Waals surface area contributed by atoms with E-state index in [1.54, 1.807) is 42.7 Å². The summed E-state index contributed by atoms with van der Waals surface area (Å²) in [5, 5.41) is 3.69. The second-order valence-electron chi connectivity index (χ2n) is 9.59. The SMILES string of the molecule is COC(=O)c1c(-c2cc(OC)c(OC)c(OC)c2)c2ccc(NCc3ccccn3)nc2c(=O)n1Cc1ccnc(C)c1.Cl. The molecule has 0 fully saturated rings. The molecule has 0 radical (unpaired) electrons. The maximum atomic E-state index is 14.2. The molecule has 0 aliphatic heterocycles. The Balaban J connectivity index is 0.00000442. The van der Waals surface area contributed by atoms with Crippen molar-refractivity contribution in [1.82, 2.24) is 19.5 Å². The highest BCUT2D eigenvalue weighted by Crippen LogP contribution is 2.43. The first kappa shape index (κ1) is 31.8. The molecule has 5 aromatic rings. The van der Waals surface area contributed by atoms with E-state index in [1.807, 2.05) is 31.2 Å². The Morgan fingerprint density at radius 3 is 2.27 bits per heavy atom. The van der Waals surface area contributed by atoms with Crippen LogP contribution in [0.15, 0.2) is 71.8 Å². The van der Waals surface area contributed by atoms with E-state index in [1.165, 1.54) is 33.0 Å². The number of ether oxygens (including phenoxy) is 4. The van der Waals surface area contributed by atoms with Gasteiger partial charge in [0.15, 0.2) is 11.5 Å². The van der Waals surface area contributed by atoms with Gasteiger partial charge in [-0.3, -0.25) is 19.3 Å². The minimum absolute atomic E-state index is 0. The monoisotopic (exact) mass is 617 g/mol. The van der Waals surface area contributed by atoms with Crippen LogP contribution in [-0.4, -0.2) is 53.9 Å². The fourth-order valence-corrected chi connectivity index (χ4v) is 4.96. The lowest BCUT2D eigenvalue weighted by atomic mass is 9.97. The van der Waals surface area contributed by atoms with Crippen LogP contribution in [0.2, 0.25) is 0 Å². The zero-order chi connectivity index (χ0) is 30.5. The van der Waals surface area contributed by atoms with E-state index < -0.39 is 11.5 Å². The van der Waals surface area contributed by atoms with Gasteiger partial charge in [0.1, 0.15) is 17.0 Å². The van der Waals surface area contributed by atoms with Crippen LogP contribution < -0.4 is 25.1 Å². The van der Waals surface area contributed by atoms with Crippen LogP contribution >= 0.6 is 12.4 Å². The fraction of sp³-hybridized carbons (Fsp3) is 0.219. The van der Waals surface area contributed by atoms with Crippen molar-refractivity contribution in [2.45, 2.75) is 20.0 Å². The number of benzene rings is 1. The molecule has 0 atom stereocenters. The number of aromatic nitrogens is 4. The molecule has 11 nitrogen and oxygen atoms in total. The molecule has 0 spiro atoms. The largest absolute Gasteiger partial charge is 0.493 e. The third kappa shape index (κ3) is 6.28. The lowest BCUT2D eigenvalue weighted by Gasteiger charge is -2.20. The van der Waals surface area contributed by atoms with Gasteiger partial charge in [-0.2, -0.15) is 0 Å². The molecule has 1 aromatic carbocycles. The number of methoxy groups -OCH3 is 4. The van der Waals surface area contributed by atoms with Gasteiger partial charge >= 0.3 is 5.97 Å². The number of carbonyl (C=O) groups is 1. The van der Waals surface area contributed by atoms with Crippen molar-refractivity contribution < 1.29 is 23.7 Å². The molecule has 0 unspecified atom stereocenters. The van der Waals surface area contributed by atoms with Gasteiger partial charge in [-0.1, -0.05) is 6.07 Å². The van der Waals surface area contributed by atoms with E-state index in [0.29, 0.717) is 46.1 Å². The molecule has 228 valence electrons. The summed E-state index contributed by atoms with van der Waals surface area (Å²) < 4.78 is 23.4. The van der Waals surface area contributed by atoms with Gasteiger partial charge in [-0.15, -0.1) is 12.4 Å². The normalized spacial score (nSPS) is 10.6. The van der Waals surface area contributed by atoms with E-state index >= 15 is 0 Å². The molecular weight excluding hydrogens is 586 g/mol. The molecule has 0 aliphatic carbocycles. The number of aryl methyl sites for hydroxylation is 1. The summed E-state index contributed by atoms with van der Waals surface area (Å²) in [6.45, 7) is 2.34. The Morgan fingerprint density at radius 2 is 1.66 bits per heavy atom. The number of esters is 1. The number of nitrogens with zero attached hydrogens (tertiary/aromatic N) is 4. The second kappa shape index (κ2) is 13.9. The first-order valence-electron chi connectivity index (χ1n) is 13.4. The van der Waals surface area contributed by atoms with Crippen LogP contribution in [0.3, 0.4) is 0 Å². The number of anilines is 1. The number of halogens is 1. The van der Waals surface area contributed by atoms with Crippen LogP contribution in [0.1, 0.15) is 27.4 Å². The standard InChI is InChI=1S/C32H31N5O6.ClH/c1-19-14-20(11-13-33-19)18-37-29(32(39)43-5)27(21-15-24(40-2)30(42-4)25(16-21)41-3)23-9-10-26(36-28(23)31(37)38)35-17-22-8-6-7-12-34-22;/h6-16H,17-18H2,1-5H3,(H,35,36);1H. The average Bonchev–Trinajstić information content (AvgIpc) is 3.04. The fourth-order valence-electron chi connectivity index (χ4n) is 4.96. The topological polar surface area (TPSA) is 127 Å². The molecule has 0 amide bonds. The van der Waals surface area contributed by atoms with Crippen molar-refractivity contribution in [1.29, 1.82) is 0 Å². The zero-order valence-electron chi connectivity index (χ0n) is 24.9. The molecular formula is C32H32ClN5O6. The lowest BCUT2D eigenvalue weighted by molar-refractivity contribution is 0.0588. The van der Waals surface area contributed by atoms with E-state index in [0.717, 1.165) is 17.0 Å². The predicted octanol–water partition coefficient (Wildman–Crippen LogP) is 5.06. The van der Waals surface area contributed by atoms with Crippen molar-refractivity contribution in [2.24, 2.45) is 0 Å². The number of rotatable bonds is 10. The third-order valence-electron chi connectivity index (χ3n) is 6.93. The second-order valence-corrected chi connectivity index (χ2v) is 9.59. The smallest absolute Gasteiger partial charge is 0.355 e. The number of fused-ring (bicyclic) bond motifs is 1. The summed E-state index contributed by atoms with van der Waals surface area (Å²) in [5.41, 5.74) is 3.09. The van der Waals surface area contributed by atoms with Crippen molar-refractivity contribution in [3.63, 3.8) is 0 Å². The van der Waals surface area contributed by atoms with Gasteiger partial charge < -0.3 is 24.3 Å². The van der Waals surface area contributed by atoms with Gasteiger partial charge in [0, 0.05) is 29.0 Å². The Bertz CT molecular complexity index is 1840. The molecule has 4 aromatic heterocycles. The molecule has 4 heterocycles. The highest BCUT2D eigenvalue weighted by atomic mass is 35.5. The Kier molecular flexibility index (Phi) is 10.0. The molecule has 0 aliphatic rings. The predicted molar refractivity (Wildman–Crippen MR) is 169 cm³/mol. The highest BCUT2D eigenvalue weighted by molar-refractivity contribution is 6.06. The number of hydrogen-bond donors (Lipinski definition) is 1. The first-order valence-corrected chi connectivity index (χ1v) is 13.4.